The highest BCUT2D eigenvalue weighted by molar-refractivity contribution is 7.99. The van der Waals surface area contributed by atoms with Crippen LogP contribution in [0.25, 0.3) is 0 Å². The topological polar surface area (TPSA) is 76.8 Å². The zero-order valence-corrected chi connectivity index (χ0v) is 18.5. The largest absolute Gasteiger partial charge is 0.467 e. The molecule has 3 aromatic rings. The fourth-order valence-corrected chi connectivity index (χ4v) is 4.49. The summed E-state index contributed by atoms with van der Waals surface area (Å²) in [7, 11) is 0. The van der Waals surface area contributed by atoms with Gasteiger partial charge in [-0.2, -0.15) is 5.10 Å². The number of thioether (sulfide) groups is 1. The molecule has 0 saturated heterocycles. The monoisotopic (exact) mass is 426 g/mol. The summed E-state index contributed by atoms with van der Waals surface area (Å²) in [6, 6.07) is 7.10. The van der Waals surface area contributed by atoms with Crippen LogP contribution in [-0.2, 0) is 11.3 Å². The number of aryl methyl sites for hydroxylation is 1. The molecule has 1 aliphatic rings. The van der Waals surface area contributed by atoms with Crippen molar-refractivity contribution < 1.29 is 13.6 Å². The van der Waals surface area contributed by atoms with Gasteiger partial charge in [0.2, 0.25) is 0 Å². The van der Waals surface area contributed by atoms with Crippen LogP contribution in [0, 0.1) is 19.8 Å². The fraction of sp³-hybridized carbons (Fsp3) is 0.409. The Balaban J connectivity index is 1.53. The molecule has 30 heavy (non-hydrogen) atoms. The number of carbonyl (C=O) groups is 1. The second kappa shape index (κ2) is 8.55. The van der Waals surface area contributed by atoms with Gasteiger partial charge in [-0.25, -0.2) is 9.99 Å². The number of carbonyl (C=O) groups excluding carboxylic acids is 1. The van der Waals surface area contributed by atoms with E-state index < -0.39 is 0 Å². The molecule has 1 amide bonds. The smallest absolute Gasteiger partial charge is 0.253 e. The molecule has 8 heteroatoms. The van der Waals surface area contributed by atoms with Crippen LogP contribution in [0.3, 0.4) is 0 Å². The van der Waals surface area contributed by atoms with Crippen molar-refractivity contribution in [1.82, 2.24) is 14.6 Å². The predicted octanol–water partition coefficient (Wildman–Crippen LogP) is 4.81. The minimum Gasteiger partial charge on any atom is -0.467 e. The molecule has 158 valence electrons. The van der Waals surface area contributed by atoms with Crippen molar-refractivity contribution in [3.8, 4) is 0 Å². The van der Waals surface area contributed by atoms with Gasteiger partial charge < -0.3 is 13.4 Å². The van der Waals surface area contributed by atoms with Crippen molar-refractivity contribution in [2.45, 2.75) is 51.9 Å². The van der Waals surface area contributed by atoms with Crippen molar-refractivity contribution in [2.75, 3.05) is 5.75 Å². The third-order valence-corrected chi connectivity index (χ3v) is 6.10. The number of hydrazone groups is 1. The molecule has 1 unspecified atom stereocenters. The standard InChI is InChI=1S/C22H26N4O3S/c1-14(2)12-25-16(4)15(3)23-22(25)30-13-21(27)26-18(20-8-6-10-29-20)11-17(24-26)19-7-5-9-28-19/h5-10,14,18H,11-13H2,1-4H3. The first kappa shape index (κ1) is 20.5. The van der Waals surface area contributed by atoms with Crippen LogP contribution in [0.4, 0.5) is 0 Å². The van der Waals surface area contributed by atoms with Gasteiger partial charge in [0, 0.05) is 18.7 Å². The number of amides is 1. The van der Waals surface area contributed by atoms with Crippen LogP contribution in [0.15, 0.2) is 55.9 Å². The Kier molecular flexibility index (Phi) is 5.85. The van der Waals surface area contributed by atoms with E-state index in [2.05, 4.69) is 35.4 Å². The zero-order valence-electron chi connectivity index (χ0n) is 17.7. The maximum absolute atomic E-state index is 13.2. The van der Waals surface area contributed by atoms with E-state index in [1.807, 2.05) is 31.2 Å². The second-order valence-corrected chi connectivity index (χ2v) is 8.80. The van der Waals surface area contributed by atoms with Gasteiger partial charge in [-0.15, -0.1) is 0 Å². The minimum absolute atomic E-state index is 0.0858. The number of aromatic nitrogens is 2. The van der Waals surface area contributed by atoms with E-state index in [1.54, 1.807) is 12.5 Å². The highest BCUT2D eigenvalue weighted by atomic mass is 32.2. The van der Waals surface area contributed by atoms with Crippen LogP contribution in [0.2, 0.25) is 0 Å². The van der Waals surface area contributed by atoms with Crippen molar-refractivity contribution in [2.24, 2.45) is 11.0 Å². The highest BCUT2D eigenvalue weighted by Crippen LogP contribution is 2.34. The Morgan fingerprint density at radius 1 is 1.23 bits per heavy atom. The third kappa shape index (κ3) is 4.09. The van der Waals surface area contributed by atoms with Crippen LogP contribution in [0.1, 0.15) is 49.2 Å². The van der Waals surface area contributed by atoms with Crippen molar-refractivity contribution in [3.05, 3.63) is 59.7 Å². The lowest BCUT2D eigenvalue weighted by Crippen LogP contribution is -2.28. The third-order valence-electron chi connectivity index (χ3n) is 5.14. The summed E-state index contributed by atoms with van der Waals surface area (Å²) in [4.78, 5) is 17.8. The molecule has 0 bridgehead atoms. The molecule has 4 heterocycles. The number of imidazole rings is 1. The number of nitrogens with zero attached hydrogens (tertiary/aromatic N) is 4. The second-order valence-electron chi connectivity index (χ2n) is 7.86. The Bertz CT molecular complexity index is 1040. The minimum atomic E-state index is -0.271. The molecule has 1 aliphatic heterocycles. The normalized spacial score (nSPS) is 16.5. The van der Waals surface area contributed by atoms with E-state index in [1.165, 1.54) is 16.8 Å². The molecule has 3 aromatic heterocycles. The van der Waals surface area contributed by atoms with Gasteiger partial charge in [-0.3, -0.25) is 4.79 Å². The number of hydrogen-bond acceptors (Lipinski definition) is 6. The molecule has 0 saturated carbocycles. The van der Waals surface area contributed by atoms with Gasteiger partial charge in [0.05, 0.1) is 24.0 Å². The summed E-state index contributed by atoms with van der Waals surface area (Å²) in [5, 5.41) is 6.98. The van der Waals surface area contributed by atoms with Crippen molar-refractivity contribution in [3.63, 3.8) is 0 Å². The predicted molar refractivity (Wildman–Crippen MR) is 115 cm³/mol. The van der Waals surface area contributed by atoms with Gasteiger partial charge in [0.25, 0.3) is 5.91 Å². The van der Waals surface area contributed by atoms with Crippen LogP contribution in [-0.4, -0.2) is 31.9 Å². The lowest BCUT2D eigenvalue weighted by Gasteiger charge is -2.19. The summed E-state index contributed by atoms with van der Waals surface area (Å²) < 4.78 is 13.3. The molecule has 0 radical (unpaired) electrons. The number of hydrogen-bond donors (Lipinski definition) is 0. The van der Waals surface area contributed by atoms with E-state index in [-0.39, 0.29) is 17.7 Å². The van der Waals surface area contributed by atoms with Crippen LogP contribution in [0.5, 0.6) is 0 Å². The van der Waals surface area contributed by atoms with Gasteiger partial charge in [0.15, 0.2) is 5.16 Å². The average molecular weight is 427 g/mol. The number of furan rings is 2. The summed E-state index contributed by atoms with van der Waals surface area (Å²) >= 11 is 1.45. The zero-order chi connectivity index (χ0) is 21.3. The number of rotatable bonds is 7. The summed E-state index contributed by atoms with van der Waals surface area (Å²) in [5.41, 5.74) is 2.89. The lowest BCUT2D eigenvalue weighted by molar-refractivity contribution is -0.130. The summed E-state index contributed by atoms with van der Waals surface area (Å²) in [5.74, 6) is 2.05. The van der Waals surface area contributed by atoms with E-state index in [4.69, 9.17) is 8.83 Å². The SMILES string of the molecule is Cc1nc(SCC(=O)N2N=C(c3ccco3)CC2c2ccco2)n(CC(C)C)c1C. The highest BCUT2D eigenvalue weighted by Gasteiger charge is 2.35. The quantitative estimate of drug-likeness (QED) is 0.507. The average Bonchev–Trinajstić information content (AvgIpc) is 3.49. The Labute approximate surface area is 180 Å². The van der Waals surface area contributed by atoms with E-state index in [0.717, 1.165) is 28.8 Å². The first-order valence-corrected chi connectivity index (χ1v) is 11.1. The van der Waals surface area contributed by atoms with Gasteiger partial charge >= 0.3 is 0 Å². The van der Waals surface area contributed by atoms with Gasteiger partial charge in [-0.05, 0) is 44.0 Å². The van der Waals surface area contributed by atoms with E-state index >= 15 is 0 Å². The van der Waals surface area contributed by atoms with E-state index in [0.29, 0.717) is 23.9 Å². The molecule has 1 atom stereocenters. The molecular formula is C22H26N4O3S. The van der Waals surface area contributed by atoms with Gasteiger partial charge in [0.1, 0.15) is 23.3 Å². The van der Waals surface area contributed by atoms with E-state index in [9.17, 15) is 4.79 Å². The molecule has 0 aliphatic carbocycles. The molecule has 0 fully saturated rings. The first-order chi connectivity index (χ1) is 14.4. The molecule has 0 spiro atoms. The Morgan fingerprint density at radius 3 is 2.67 bits per heavy atom. The fourth-order valence-electron chi connectivity index (χ4n) is 3.54. The summed E-state index contributed by atoms with van der Waals surface area (Å²) in [6.45, 7) is 9.31. The summed E-state index contributed by atoms with van der Waals surface area (Å²) in [6.07, 6.45) is 3.78. The van der Waals surface area contributed by atoms with Gasteiger partial charge in [-0.1, -0.05) is 25.6 Å². The van der Waals surface area contributed by atoms with Crippen LogP contribution < -0.4 is 0 Å². The maximum atomic E-state index is 13.2. The molecule has 7 nitrogen and oxygen atoms in total. The first-order valence-electron chi connectivity index (χ1n) is 10.1. The van der Waals surface area contributed by atoms with Crippen molar-refractivity contribution >= 4 is 23.4 Å². The molecular weight excluding hydrogens is 400 g/mol. The Hall–Kier alpha value is -2.74. The molecule has 0 N–H and O–H groups in total. The Morgan fingerprint density at radius 2 is 2.00 bits per heavy atom. The molecule has 4 rings (SSSR count). The maximum Gasteiger partial charge on any atom is 0.253 e. The lowest BCUT2D eigenvalue weighted by atomic mass is 10.1. The van der Waals surface area contributed by atoms with Crippen LogP contribution >= 0.6 is 11.8 Å². The molecule has 0 aromatic carbocycles. The van der Waals surface area contributed by atoms with Crippen molar-refractivity contribution in [1.29, 1.82) is 0 Å².